The minimum Gasteiger partial charge on any atom is -0.475 e. The molecule has 3 aromatic rings. The third kappa shape index (κ3) is 8.13. The Balaban J connectivity index is 0.000000606. The fourth-order valence-electron chi connectivity index (χ4n) is 7.19. The van der Waals surface area contributed by atoms with Crippen molar-refractivity contribution in [2.75, 3.05) is 26.2 Å². The van der Waals surface area contributed by atoms with E-state index in [-0.39, 0.29) is 30.2 Å². The molecule has 0 radical (unpaired) electrons. The molecule has 3 N–H and O–H groups in total. The molecule has 6 rings (SSSR count). The summed E-state index contributed by atoms with van der Waals surface area (Å²) in [5, 5.41) is 13.5. The molecule has 0 saturated carbocycles. The molecule has 0 bridgehead atoms. The summed E-state index contributed by atoms with van der Waals surface area (Å²) in [5.74, 6) is -2.96. The fourth-order valence-corrected chi connectivity index (χ4v) is 7.19. The van der Waals surface area contributed by atoms with E-state index < -0.39 is 29.6 Å². The second-order valence-corrected chi connectivity index (χ2v) is 12.6. The van der Waals surface area contributed by atoms with Crippen molar-refractivity contribution in [1.29, 1.82) is 0 Å². The second kappa shape index (κ2) is 15.7. The zero-order chi connectivity index (χ0) is 35.0. The van der Waals surface area contributed by atoms with Gasteiger partial charge in [0.05, 0.1) is 5.41 Å². The second-order valence-electron chi connectivity index (χ2n) is 12.6. The van der Waals surface area contributed by atoms with Crippen LogP contribution in [0.15, 0.2) is 91.0 Å². The van der Waals surface area contributed by atoms with Crippen molar-refractivity contribution in [2.45, 2.75) is 68.2 Å². The molecule has 12 heteroatoms. The molecule has 3 amide bonds. The molecule has 3 saturated heterocycles. The summed E-state index contributed by atoms with van der Waals surface area (Å²) in [6, 6.07) is 29.7. The number of nitrogens with zero attached hydrogens (tertiary/aromatic N) is 2. The van der Waals surface area contributed by atoms with E-state index in [4.69, 9.17) is 9.90 Å². The van der Waals surface area contributed by atoms with Crippen molar-refractivity contribution < 1.29 is 37.5 Å². The first kappa shape index (κ1) is 35.6. The number of carboxylic acid groups (broad SMARTS) is 1. The Morgan fingerprint density at radius 3 is 1.65 bits per heavy atom. The van der Waals surface area contributed by atoms with Gasteiger partial charge in [0, 0.05) is 32.1 Å². The van der Waals surface area contributed by atoms with Crippen LogP contribution in [0.25, 0.3) is 0 Å². The summed E-state index contributed by atoms with van der Waals surface area (Å²) in [4.78, 5) is 54.1. The van der Waals surface area contributed by atoms with Crippen molar-refractivity contribution in [1.82, 2.24) is 20.4 Å². The van der Waals surface area contributed by atoms with Gasteiger partial charge >= 0.3 is 12.1 Å². The molecule has 49 heavy (non-hydrogen) atoms. The molecule has 3 aromatic carbocycles. The normalized spacial score (nSPS) is 20.8. The molecule has 0 spiro atoms. The lowest BCUT2D eigenvalue weighted by molar-refractivity contribution is -0.192. The minimum atomic E-state index is -5.08. The Kier molecular flexibility index (Phi) is 11.4. The van der Waals surface area contributed by atoms with Crippen molar-refractivity contribution in [3.63, 3.8) is 0 Å². The largest absolute Gasteiger partial charge is 0.490 e. The number of aliphatic carboxylic acids is 1. The first-order valence-electron chi connectivity index (χ1n) is 16.6. The van der Waals surface area contributed by atoms with Crippen LogP contribution in [-0.4, -0.2) is 89.1 Å². The third-order valence-corrected chi connectivity index (χ3v) is 9.56. The van der Waals surface area contributed by atoms with Gasteiger partial charge in [0.2, 0.25) is 17.7 Å². The predicted octanol–water partition coefficient (Wildman–Crippen LogP) is 4.50. The molecule has 3 fully saturated rings. The maximum Gasteiger partial charge on any atom is 0.490 e. The van der Waals surface area contributed by atoms with Crippen LogP contribution in [0.5, 0.6) is 0 Å². The van der Waals surface area contributed by atoms with Gasteiger partial charge < -0.3 is 25.5 Å². The average Bonchev–Trinajstić information content (AvgIpc) is 3.91. The summed E-state index contributed by atoms with van der Waals surface area (Å²) in [7, 11) is 0. The van der Waals surface area contributed by atoms with E-state index in [1.807, 2.05) is 54.6 Å². The lowest BCUT2D eigenvalue weighted by Gasteiger charge is -2.38. The maximum absolute atomic E-state index is 14.4. The highest BCUT2D eigenvalue weighted by Gasteiger charge is 2.45. The van der Waals surface area contributed by atoms with Gasteiger partial charge in [-0.15, -0.1) is 0 Å². The van der Waals surface area contributed by atoms with Crippen LogP contribution < -0.4 is 10.6 Å². The third-order valence-electron chi connectivity index (χ3n) is 9.56. The number of carbonyl (C=O) groups excluding carboxylic acids is 3. The number of hydrogen-bond donors (Lipinski definition) is 3. The Labute approximate surface area is 283 Å². The summed E-state index contributed by atoms with van der Waals surface area (Å²) >= 11 is 0. The summed E-state index contributed by atoms with van der Waals surface area (Å²) in [6.45, 7) is 2.76. The highest BCUT2D eigenvalue weighted by atomic mass is 19.4. The lowest BCUT2D eigenvalue weighted by Crippen LogP contribution is -2.54. The molecular formula is C37H41F3N4O5. The van der Waals surface area contributed by atoms with E-state index in [0.717, 1.165) is 49.0 Å². The summed E-state index contributed by atoms with van der Waals surface area (Å²) < 4.78 is 31.7. The molecular weight excluding hydrogens is 637 g/mol. The fraction of sp³-hybridized carbons (Fsp3) is 0.405. The van der Waals surface area contributed by atoms with Gasteiger partial charge in [0.25, 0.3) is 0 Å². The Morgan fingerprint density at radius 2 is 1.20 bits per heavy atom. The smallest absolute Gasteiger partial charge is 0.475 e. The van der Waals surface area contributed by atoms with E-state index in [1.165, 1.54) is 0 Å². The first-order valence-corrected chi connectivity index (χ1v) is 16.6. The number of benzene rings is 3. The SMILES string of the molecule is O=C(NC1CCNC1)[C@H]1CCCN1C(=O)[C@@H]1CCCN1C(=O)CC(c1ccccc1)(c1ccccc1)c1ccccc1.O=C(O)C(F)(F)F. The number of alkyl halides is 3. The van der Waals surface area contributed by atoms with E-state index in [9.17, 15) is 27.6 Å². The van der Waals surface area contributed by atoms with Crippen LogP contribution in [0.2, 0.25) is 0 Å². The quantitative estimate of drug-likeness (QED) is 0.302. The van der Waals surface area contributed by atoms with E-state index in [1.54, 1.807) is 9.80 Å². The summed E-state index contributed by atoms with van der Waals surface area (Å²) in [5.41, 5.74) is 2.39. The van der Waals surface area contributed by atoms with E-state index >= 15 is 0 Å². The number of halogens is 3. The highest BCUT2D eigenvalue weighted by molar-refractivity contribution is 5.93. The number of nitrogens with one attached hydrogen (secondary N) is 2. The zero-order valence-corrected chi connectivity index (χ0v) is 27.1. The number of carbonyl (C=O) groups is 4. The van der Waals surface area contributed by atoms with Crippen LogP contribution in [0, 0.1) is 0 Å². The van der Waals surface area contributed by atoms with Crippen LogP contribution in [0.4, 0.5) is 13.2 Å². The van der Waals surface area contributed by atoms with Crippen molar-refractivity contribution in [2.24, 2.45) is 0 Å². The van der Waals surface area contributed by atoms with Gasteiger partial charge in [0.15, 0.2) is 0 Å². The molecule has 9 nitrogen and oxygen atoms in total. The number of rotatable bonds is 8. The highest BCUT2D eigenvalue weighted by Crippen LogP contribution is 2.43. The number of carboxylic acids is 1. The Morgan fingerprint density at radius 1 is 0.735 bits per heavy atom. The molecule has 0 aromatic heterocycles. The average molecular weight is 679 g/mol. The van der Waals surface area contributed by atoms with Crippen molar-refractivity contribution in [3.05, 3.63) is 108 Å². The van der Waals surface area contributed by atoms with Crippen molar-refractivity contribution >= 4 is 23.7 Å². The molecule has 0 aliphatic carbocycles. The molecule has 3 aliphatic heterocycles. The maximum atomic E-state index is 14.4. The molecule has 3 heterocycles. The van der Waals surface area contributed by atoms with Crippen LogP contribution in [0.3, 0.4) is 0 Å². The summed E-state index contributed by atoms with van der Waals surface area (Å²) in [6.07, 6.45) is -1.12. The van der Waals surface area contributed by atoms with Crippen LogP contribution in [0.1, 0.15) is 55.2 Å². The first-order chi connectivity index (χ1) is 23.5. The van der Waals surface area contributed by atoms with Gasteiger partial charge in [-0.05, 0) is 55.3 Å². The Hall–Kier alpha value is -4.71. The van der Waals surface area contributed by atoms with Crippen LogP contribution in [-0.2, 0) is 24.6 Å². The molecule has 1 unspecified atom stereocenters. The number of likely N-dealkylation sites (tertiary alicyclic amines) is 2. The van der Waals surface area contributed by atoms with Gasteiger partial charge in [-0.1, -0.05) is 91.0 Å². The van der Waals surface area contributed by atoms with Gasteiger partial charge in [-0.3, -0.25) is 14.4 Å². The lowest BCUT2D eigenvalue weighted by atomic mass is 9.67. The molecule has 260 valence electrons. The van der Waals surface area contributed by atoms with Crippen molar-refractivity contribution in [3.8, 4) is 0 Å². The molecule has 3 atom stereocenters. The minimum absolute atomic E-state index is 0.0420. The predicted molar refractivity (Wildman–Crippen MR) is 176 cm³/mol. The number of hydrogen-bond acceptors (Lipinski definition) is 5. The van der Waals surface area contributed by atoms with Gasteiger partial charge in [0.1, 0.15) is 12.1 Å². The Bertz CT molecular complexity index is 1490. The number of amides is 3. The topological polar surface area (TPSA) is 119 Å². The standard InChI is InChI=1S/C35H40N4O3.C2HF3O2/c40-32(24-35(26-12-4-1-5-13-26,27-14-6-2-7-15-27)28-16-8-3-9-17-28)38-22-11-19-31(38)34(42)39-23-10-18-30(39)33(41)37-29-20-21-36-25-29;3-2(4,5)1(6)7/h1-9,12-17,29-31,36H,10-11,18-25H2,(H,37,41);(H,6,7)/t29?,30-,31+;/m1./s1. The molecule has 3 aliphatic rings. The van der Waals surface area contributed by atoms with Crippen LogP contribution >= 0.6 is 0 Å². The van der Waals surface area contributed by atoms with E-state index in [0.29, 0.717) is 25.9 Å². The zero-order valence-electron chi connectivity index (χ0n) is 27.1. The van der Waals surface area contributed by atoms with Gasteiger partial charge in [-0.2, -0.15) is 13.2 Å². The monoisotopic (exact) mass is 678 g/mol. The van der Waals surface area contributed by atoms with Gasteiger partial charge in [-0.25, -0.2) is 4.79 Å². The van der Waals surface area contributed by atoms with E-state index in [2.05, 4.69) is 47.0 Å².